The second kappa shape index (κ2) is 8.96. The molecule has 2 aliphatic heterocycles. The van der Waals surface area contributed by atoms with Crippen LogP contribution in [-0.2, 0) is 14.8 Å². The molecule has 8 heteroatoms. The Morgan fingerprint density at radius 3 is 2.32 bits per heavy atom. The molecule has 0 bridgehead atoms. The lowest BCUT2D eigenvalue weighted by molar-refractivity contribution is -0.134. The number of hydrogen-bond donors (Lipinski definition) is 0. The summed E-state index contributed by atoms with van der Waals surface area (Å²) in [5.74, 6) is -0.388. The Morgan fingerprint density at radius 2 is 1.61 bits per heavy atom. The number of nitrogens with zero attached hydrogens (tertiary/aromatic N) is 3. The first-order valence-corrected chi connectivity index (χ1v) is 12.2. The summed E-state index contributed by atoms with van der Waals surface area (Å²) >= 11 is 0. The van der Waals surface area contributed by atoms with Crippen LogP contribution in [0.15, 0.2) is 53.4 Å². The maximum absolute atomic E-state index is 13.3. The molecule has 1 atom stereocenters. The second-order valence-electron chi connectivity index (χ2n) is 8.23. The van der Waals surface area contributed by atoms with Crippen molar-refractivity contribution >= 4 is 21.6 Å². The largest absolute Gasteiger partial charge is 0.370 e. The van der Waals surface area contributed by atoms with Crippen molar-refractivity contribution in [1.82, 2.24) is 9.21 Å². The number of carbonyl (C=O) groups is 1. The Kier molecular flexibility index (Phi) is 6.29. The van der Waals surface area contributed by atoms with Gasteiger partial charge in [-0.1, -0.05) is 17.7 Å². The quantitative estimate of drug-likeness (QED) is 0.726. The van der Waals surface area contributed by atoms with Crippen LogP contribution in [0.25, 0.3) is 0 Å². The SMILES string of the molecule is Cc1ccc(S(=O)(=O)N2CCC[C@H]2C(=O)N2CCCN(c3ccc(F)cc3)CC2)cc1. The van der Waals surface area contributed by atoms with Gasteiger partial charge in [-0.05, 0) is 62.6 Å². The van der Waals surface area contributed by atoms with Crippen molar-refractivity contribution in [3.05, 3.63) is 59.9 Å². The van der Waals surface area contributed by atoms with Crippen molar-refractivity contribution < 1.29 is 17.6 Å². The molecule has 2 saturated heterocycles. The lowest BCUT2D eigenvalue weighted by Crippen LogP contribution is -2.48. The van der Waals surface area contributed by atoms with Crippen LogP contribution in [0.2, 0.25) is 0 Å². The lowest BCUT2D eigenvalue weighted by Gasteiger charge is -2.29. The van der Waals surface area contributed by atoms with E-state index in [1.54, 1.807) is 41.3 Å². The normalized spacial score (nSPS) is 20.6. The molecule has 2 heterocycles. The van der Waals surface area contributed by atoms with Gasteiger partial charge in [0.1, 0.15) is 11.9 Å². The Bertz CT molecular complexity index is 1030. The highest BCUT2D eigenvalue weighted by atomic mass is 32.2. The Labute approximate surface area is 183 Å². The third-order valence-corrected chi connectivity index (χ3v) is 8.04. The minimum Gasteiger partial charge on any atom is -0.370 e. The summed E-state index contributed by atoms with van der Waals surface area (Å²) in [4.78, 5) is 17.5. The highest BCUT2D eigenvalue weighted by Crippen LogP contribution is 2.28. The first-order chi connectivity index (χ1) is 14.9. The summed E-state index contributed by atoms with van der Waals surface area (Å²) in [6.45, 7) is 4.78. The van der Waals surface area contributed by atoms with Gasteiger partial charge >= 0.3 is 0 Å². The number of sulfonamides is 1. The van der Waals surface area contributed by atoms with Crippen molar-refractivity contribution in [2.75, 3.05) is 37.6 Å². The van der Waals surface area contributed by atoms with Gasteiger partial charge in [-0.15, -0.1) is 0 Å². The summed E-state index contributed by atoms with van der Waals surface area (Å²) in [7, 11) is -3.72. The van der Waals surface area contributed by atoms with Crippen molar-refractivity contribution in [2.45, 2.75) is 37.1 Å². The lowest BCUT2D eigenvalue weighted by atomic mass is 10.2. The van der Waals surface area contributed by atoms with E-state index in [1.165, 1.54) is 16.4 Å². The third-order valence-electron chi connectivity index (χ3n) is 6.12. The highest BCUT2D eigenvalue weighted by molar-refractivity contribution is 7.89. The average Bonchev–Trinajstić information content (AvgIpc) is 3.14. The molecule has 2 fully saturated rings. The molecule has 2 aromatic rings. The smallest absolute Gasteiger partial charge is 0.243 e. The fourth-order valence-corrected chi connectivity index (χ4v) is 6.03. The first-order valence-electron chi connectivity index (χ1n) is 10.7. The van der Waals surface area contributed by atoms with E-state index in [9.17, 15) is 17.6 Å². The van der Waals surface area contributed by atoms with Gasteiger partial charge in [0, 0.05) is 38.4 Å². The number of hydrogen-bond acceptors (Lipinski definition) is 4. The van der Waals surface area contributed by atoms with Crippen LogP contribution < -0.4 is 4.90 Å². The molecule has 2 aromatic carbocycles. The molecule has 4 rings (SSSR count). The number of rotatable bonds is 4. The maximum Gasteiger partial charge on any atom is 0.243 e. The molecule has 0 N–H and O–H groups in total. The summed E-state index contributed by atoms with van der Waals surface area (Å²) in [5, 5.41) is 0. The van der Waals surface area contributed by atoms with Gasteiger partial charge in [-0.2, -0.15) is 4.31 Å². The van der Waals surface area contributed by atoms with Crippen LogP contribution in [-0.4, -0.2) is 62.3 Å². The maximum atomic E-state index is 13.3. The number of benzene rings is 2. The van der Waals surface area contributed by atoms with E-state index < -0.39 is 16.1 Å². The third kappa shape index (κ3) is 4.60. The highest BCUT2D eigenvalue weighted by Gasteiger charge is 2.41. The summed E-state index contributed by atoms with van der Waals surface area (Å²) in [6, 6.07) is 12.5. The van der Waals surface area contributed by atoms with Crippen LogP contribution in [0.4, 0.5) is 10.1 Å². The Balaban J connectivity index is 1.47. The zero-order valence-electron chi connectivity index (χ0n) is 17.7. The van der Waals surface area contributed by atoms with Gasteiger partial charge in [0.2, 0.25) is 15.9 Å². The molecule has 2 aliphatic rings. The van der Waals surface area contributed by atoms with E-state index >= 15 is 0 Å². The zero-order valence-corrected chi connectivity index (χ0v) is 18.5. The van der Waals surface area contributed by atoms with Crippen LogP contribution in [0, 0.1) is 12.7 Å². The van der Waals surface area contributed by atoms with Crippen molar-refractivity contribution in [3.8, 4) is 0 Å². The predicted molar refractivity (Wildman–Crippen MR) is 118 cm³/mol. The Hall–Kier alpha value is -2.45. The van der Waals surface area contributed by atoms with Crippen LogP contribution >= 0.6 is 0 Å². The van der Waals surface area contributed by atoms with Gasteiger partial charge in [0.15, 0.2) is 0 Å². The first kappa shape index (κ1) is 21.8. The molecule has 0 saturated carbocycles. The Morgan fingerprint density at radius 1 is 0.903 bits per heavy atom. The van der Waals surface area contributed by atoms with Crippen LogP contribution in [0.5, 0.6) is 0 Å². The van der Waals surface area contributed by atoms with Crippen molar-refractivity contribution in [2.24, 2.45) is 0 Å². The molecule has 166 valence electrons. The predicted octanol–water partition coefficient (Wildman–Crippen LogP) is 3.03. The van der Waals surface area contributed by atoms with E-state index in [4.69, 9.17) is 0 Å². The fourth-order valence-electron chi connectivity index (χ4n) is 4.38. The van der Waals surface area contributed by atoms with Gasteiger partial charge in [0.05, 0.1) is 4.90 Å². The molecule has 0 aromatic heterocycles. The molecule has 0 unspecified atom stereocenters. The molecule has 31 heavy (non-hydrogen) atoms. The second-order valence-corrected chi connectivity index (χ2v) is 10.1. The van der Waals surface area contributed by atoms with E-state index in [1.807, 2.05) is 6.92 Å². The van der Waals surface area contributed by atoms with Crippen molar-refractivity contribution in [3.63, 3.8) is 0 Å². The fraction of sp³-hybridized carbons (Fsp3) is 0.435. The molecule has 0 spiro atoms. The van der Waals surface area contributed by atoms with Crippen molar-refractivity contribution in [1.29, 1.82) is 0 Å². The van der Waals surface area contributed by atoms with E-state index in [2.05, 4.69) is 4.90 Å². The van der Waals surface area contributed by atoms with Gasteiger partial charge in [0.25, 0.3) is 0 Å². The minimum absolute atomic E-state index is 0.117. The monoisotopic (exact) mass is 445 g/mol. The van der Waals surface area contributed by atoms with E-state index in [0.717, 1.165) is 24.2 Å². The van der Waals surface area contributed by atoms with Gasteiger partial charge in [-0.3, -0.25) is 4.79 Å². The number of anilines is 1. The topological polar surface area (TPSA) is 60.9 Å². The minimum atomic E-state index is -3.72. The molecular formula is C23H28FN3O3S. The summed E-state index contributed by atoms with van der Waals surface area (Å²) in [6.07, 6.45) is 2.00. The molecular weight excluding hydrogens is 417 g/mol. The van der Waals surface area contributed by atoms with Crippen LogP contribution in [0.3, 0.4) is 0 Å². The van der Waals surface area contributed by atoms with Crippen LogP contribution in [0.1, 0.15) is 24.8 Å². The zero-order chi connectivity index (χ0) is 22.0. The molecule has 0 radical (unpaired) electrons. The standard InChI is InChI=1S/C23H28FN3O3S/c1-18-5-11-21(12-6-18)31(29,30)27-15-2-4-22(27)23(28)26-14-3-13-25(16-17-26)20-9-7-19(24)8-10-20/h5-12,22H,2-4,13-17H2,1H3/t22-/m0/s1. The number of amides is 1. The van der Waals surface area contributed by atoms with Gasteiger partial charge in [-0.25, -0.2) is 12.8 Å². The average molecular weight is 446 g/mol. The number of carbonyl (C=O) groups excluding carboxylic acids is 1. The van der Waals surface area contributed by atoms with Gasteiger partial charge < -0.3 is 9.80 Å². The summed E-state index contributed by atoms with van der Waals surface area (Å²) in [5.41, 5.74) is 1.92. The molecule has 6 nitrogen and oxygen atoms in total. The summed E-state index contributed by atoms with van der Waals surface area (Å²) < 4.78 is 41.0. The van der Waals surface area contributed by atoms with E-state index in [0.29, 0.717) is 39.0 Å². The number of aryl methyl sites for hydroxylation is 1. The van der Waals surface area contributed by atoms with E-state index in [-0.39, 0.29) is 16.6 Å². The molecule has 0 aliphatic carbocycles. The molecule has 1 amide bonds. The number of halogens is 1.